The maximum Gasteiger partial charge on any atom is 0.410 e. The minimum Gasteiger partial charge on any atom is -0.461 e. The highest BCUT2D eigenvalue weighted by atomic mass is 32.1. The summed E-state index contributed by atoms with van der Waals surface area (Å²) in [4.78, 5) is 30.7. The zero-order chi connectivity index (χ0) is 18.9. The minimum atomic E-state index is -0.505. The van der Waals surface area contributed by atoms with Crippen molar-refractivity contribution in [3.63, 3.8) is 0 Å². The summed E-state index contributed by atoms with van der Waals surface area (Å²) in [5.41, 5.74) is -0.244. The van der Waals surface area contributed by atoms with Crippen molar-refractivity contribution in [3.8, 4) is 0 Å². The highest BCUT2D eigenvalue weighted by Crippen LogP contribution is 2.31. The number of aromatic nitrogens is 3. The first-order valence-corrected chi connectivity index (χ1v) is 9.59. The van der Waals surface area contributed by atoms with Crippen LogP contribution in [0.15, 0.2) is 6.20 Å². The lowest BCUT2D eigenvalue weighted by Crippen LogP contribution is -2.42. The van der Waals surface area contributed by atoms with E-state index in [2.05, 4.69) is 10.1 Å². The van der Waals surface area contributed by atoms with Crippen molar-refractivity contribution in [1.29, 1.82) is 0 Å². The van der Waals surface area contributed by atoms with E-state index in [0.29, 0.717) is 24.7 Å². The average molecular weight is 380 g/mol. The molecule has 0 spiro atoms. The first-order chi connectivity index (χ1) is 12.3. The van der Waals surface area contributed by atoms with Crippen LogP contribution >= 0.6 is 11.3 Å². The van der Waals surface area contributed by atoms with Crippen molar-refractivity contribution in [2.75, 3.05) is 19.7 Å². The highest BCUT2D eigenvalue weighted by Gasteiger charge is 2.30. The van der Waals surface area contributed by atoms with Crippen LogP contribution in [0, 0.1) is 0 Å². The van der Waals surface area contributed by atoms with E-state index in [-0.39, 0.29) is 17.7 Å². The molecular weight excluding hydrogens is 356 g/mol. The molecule has 3 rings (SSSR count). The molecular formula is C17H24N4O4S. The predicted octanol–water partition coefficient (Wildman–Crippen LogP) is 3.08. The predicted molar refractivity (Wildman–Crippen MR) is 96.6 cm³/mol. The fraction of sp³-hybridized carbons (Fsp3) is 0.647. The first kappa shape index (κ1) is 18.6. The molecule has 0 saturated carbocycles. The largest absolute Gasteiger partial charge is 0.461 e. The summed E-state index contributed by atoms with van der Waals surface area (Å²) in [6.45, 7) is 8.94. The van der Waals surface area contributed by atoms with E-state index in [1.807, 2.05) is 20.8 Å². The van der Waals surface area contributed by atoms with E-state index in [0.717, 1.165) is 17.8 Å². The number of ether oxygens (including phenoxy) is 2. The van der Waals surface area contributed by atoms with Gasteiger partial charge in [-0.2, -0.15) is 5.10 Å². The van der Waals surface area contributed by atoms with Crippen LogP contribution in [0.3, 0.4) is 0 Å². The minimum absolute atomic E-state index is 0.147. The van der Waals surface area contributed by atoms with Crippen molar-refractivity contribution in [3.05, 3.63) is 16.9 Å². The molecule has 1 atom stereocenters. The molecule has 2 aromatic heterocycles. The lowest BCUT2D eigenvalue weighted by Gasteiger charge is -2.33. The van der Waals surface area contributed by atoms with Gasteiger partial charge in [-0.15, -0.1) is 0 Å². The maximum atomic E-state index is 12.3. The number of amides is 1. The average Bonchev–Trinajstić information content (AvgIpc) is 3.12. The monoisotopic (exact) mass is 380 g/mol. The Morgan fingerprint density at radius 3 is 2.81 bits per heavy atom. The number of nitrogens with zero attached hydrogens (tertiary/aromatic N) is 4. The molecule has 1 aliphatic heterocycles. The van der Waals surface area contributed by atoms with Gasteiger partial charge in [0.15, 0.2) is 5.69 Å². The fourth-order valence-corrected chi connectivity index (χ4v) is 3.86. The van der Waals surface area contributed by atoms with Crippen molar-refractivity contribution in [2.24, 2.45) is 0 Å². The number of carbonyl (C=O) groups is 2. The Morgan fingerprint density at radius 2 is 2.15 bits per heavy atom. The zero-order valence-corrected chi connectivity index (χ0v) is 16.3. The zero-order valence-electron chi connectivity index (χ0n) is 15.5. The molecule has 9 heteroatoms. The second-order valence-corrected chi connectivity index (χ2v) is 8.27. The quantitative estimate of drug-likeness (QED) is 0.761. The summed E-state index contributed by atoms with van der Waals surface area (Å²) in [6.07, 6.45) is 3.16. The highest BCUT2D eigenvalue weighted by molar-refractivity contribution is 7.16. The molecule has 0 aromatic carbocycles. The van der Waals surface area contributed by atoms with Gasteiger partial charge in [-0.25, -0.2) is 19.1 Å². The first-order valence-electron chi connectivity index (χ1n) is 8.78. The van der Waals surface area contributed by atoms with Crippen LogP contribution < -0.4 is 0 Å². The molecule has 3 heterocycles. The van der Waals surface area contributed by atoms with Crippen molar-refractivity contribution < 1.29 is 19.1 Å². The van der Waals surface area contributed by atoms with Crippen LogP contribution in [-0.2, 0) is 9.47 Å². The number of hydrogen-bond acceptors (Lipinski definition) is 7. The Morgan fingerprint density at radius 1 is 1.38 bits per heavy atom. The van der Waals surface area contributed by atoms with Gasteiger partial charge in [0.05, 0.1) is 12.8 Å². The van der Waals surface area contributed by atoms with E-state index in [1.54, 1.807) is 22.5 Å². The number of fused-ring (bicyclic) bond motifs is 1. The lowest BCUT2D eigenvalue weighted by molar-refractivity contribution is 0.0197. The van der Waals surface area contributed by atoms with Crippen LogP contribution in [0.1, 0.15) is 62.0 Å². The van der Waals surface area contributed by atoms with Crippen LogP contribution in [-0.4, -0.2) is 56.9 Å². The third-order valence-corrected chi connectivity index (χ3v) is 5.05. The van der Waals surface area contributed by atoms with Crippen molar-refractivity contribution >= 4 is 28.4 Å². The van der Waals surface area contributed by atoms with Crippen LogP contribution in [0.2, 0.25) is 0 Å². The summed E-state index contributed by atoms with van der Waals surface area (Å²) in [5.74, 6) is -0.297. The Kier molecular flexibility index (Phi) is 5.17. The molecule has 8 nitrogen and oxygen atoms in total. The molecule has 26 heavy (non-hydrogen) atoms. The van der Waals surface area contributed by atoms with Crippen molar-refractivity contribution in [1.82, 2.24) is 19.5 Å². The SMILES string of the molecule is CCOC(=O)c1cn2nc([C@H]3CCCN(C(=O)OC(C)(C)C)C3)sc2n1. The molecule has 1 amide bonds. The Balaban J connectivity index is 1.71. The second kappa shape index (κ2) is 7.22. The summed E-state index contributed by atoms with van der Waals surface area (Å²) < 4.78 is 12.0. The number of imidazole rings is 1. The summed E-state index contributed by atoms with van der Waals surface area (Å²) in [6, 6.07) is 0. The van der Waals surface area contributed by atoms with Gasteiger partial charge in [-0.05, 0) is 40.5 Å². The molecule has 1 fully saturated rings. The van der Waals surface area contributed by atoms with E-state index in [4.69, 9.17) is 9.47 Å². The molecule has 0 aliphatic carbocycles. The number of hydrogen-bond donors (Lipinski definition) is 0. The summed E-state index contributed by atoms with van der Waals surface area (Å²) in [5, 5.41) is 5.47. The molecule has 2 aromatic rings. The van der Waals surface area contributed by atoms with Crippen LogP contribution in [0.5, 0.6) is 0 Å². The van der Waals surface area contributed by atoms with Gasteiger partial charge in [0.1, 0.15) is 10.6 Å². The van der Waals surface area contributed by atoms with Gasteiger partial charge in [0, 0.05) is 19.0 Å². The van der Waals surface area contributed by atoms with Gasteiger partial charge in [0.2, 0.25) is 4.96 Å². The smallest absolute Gasteiger partial charge is 0.410 e. The standard InChI is InChI=1S/C17H24N4O4S/c1-5-24-14(22)12-10-21-15(18-12)26-13(19-21)11-7-6-8-20(9-11)16(23)25-17(2,3)4/h10-11H,5-9H2,1-4H3/t11-/m0/s1. The Hall–Kier alpha value is -2.16. The van der Waals surface area contributed by atoms with E-state index < -0.39 is 11.6 Å². The van der Waals surface area contributed by atoms with Gasteiger partial charge >= 0.3 is 12.1 Å². The number of esters is 1. The Bertz CT molecular complexity index is 776. The van der Waals surface area contributed by atoms with Crippen LogP contribution in [0.25, 0.3) is 4.96 Å². The van der Waals surface area contributed by atoms with E-state index in [9.17, 15) is 9.59 Å². The molecule has 0 N–H and O–H groups in total. The van der Waals surface area contributed by atoms with E-state index >= 15 is 0 Å². The van der Waals surface area contributed by atoms with Gasteiger partial charge in [-0.1, -0.05) is 11.3 Å². The molecule has 142 valence electrons. The number of piperidine rings is 1. The topological polar surface area (TPSA) is 86.0 Å². The third-order valence-electron chi connectivity index (χ3n) is 3.97. The third kappa shape index (κ3) is 4.14. The molecule has 1 saturated heterocycles. The number of carbonyl (C=O) groups excluding carboxylic acids is 2. The lowest BCUT2D eigenvalue weighted by atomic mass is 9.99. The number of rotatable bonds is 3. The summed E-state index contributed by atoms with van der Waals surface area (Å²) >= 11 is 1.44. The fourth-order valence-electron chi connectivity index (χ4n) is 2.85. The Labute approximate surface area is 156 Å². The molecule has 0 unspecified atom stereocenters. The normalized spacial score (nSPS) is 18.2. The van der Waals surface area contributed by atoms with Crippen molar-refractivity contribution in [2.45, 2.75) is 52.1 Å². The molecule has 1 aliphatic rings. The van der Waals surface area contributed by atoms with E-state index in [1.165, 1.54) is 11.3 Å². The van der Waals surface area contributed by atoms with Gasteiger partial charge in [-0.3, -0.25) is 0 Å². The summed E-state index contributed by atoms with van der Waals surface area (Å²) in [7, 11) is 0. The second-order valence-electron chi connectivity index (χ2n) is 7.28. The molecule has 0 radical (unpaired) electrons. The van der Waals surface area contributed by atoms with Gasteiger partial charge in [0.25, 0.3) is 0 Å². The van der Waals surface area contributed by atoms with Crippen LogP contribution in [0.4, 0.5) is 4.79 Å². The maximum absolute atomic E-state index is 12.3. The van der Waals surface area contributed by atoms with Gasteiger partial charge < -0.3 is 14.4 Å². The molecule has 0 bridgehead atoms. The number of likely N-dealkylation sites (tertiary alicyclic amines) is 1.